The summed E-state index contributed by atoms with van der Waals surface area (Å²) in [5.41, 5.74) is 6.45. The third kappa shape index (κ3) is 2.19. The molecule has 4 nitrogen and oxygen atoms in total. The molecule has 1 aliphatic heterocycles. The highest BCUT2D eigenvalue weighted by Gasteiger charge is 2.19. The van der Waals surface area contributed by atoms with Crippen LogP contribution in [-0.2, 0) is 4.74 Å². The summed E-state index contributed by atoms with van der Waals surface area (Å²) in [4.78, 5) is 12.8. The molecule has 94 valence electrons. The molecule has 0 bridgehead atoms. The summed E-state index contributed by atoms with van der Waals surface area (Å²) in [5, 5.41) is 4.01. The minimum atomic E-state index is -0.0229. The zero-order valence-corrected chi connectivity index (χ0v) is 10.6. The molecule has 3 N–H and O–H groups in total. The lowest BCUT2D eigenvalue weighted by Crippen LogP contribution is -2.34. The van der Waals surface area contributed by atoms with Gasteiger partial charge in [-0.2, -0.15) is 0 Å². The maximum absolute atomic E-state index is 12.1. The SMILES string of the molecule is Nc1ccc2sc(C(=O)NC3CCOC3)cc2c1. The molecule has 2 heterocycles. The van der Waals surface area contributed by atoms with Gasteiger partial charge in [-0.3, -0.25) is 4.79 Å². The Morgan fingerprint density at radius 3 is 3.11 bits per heavy atom. The van der Waals surface area contributed by atoms with E-state index in [1.54, 1.807) is 0 Å². The van der Waals surface area contributed by atoms with Gasteiger partial charge in [-0.15, -0.1) is 11.3 Å². The van der Waals surface area contributed by atoms with Crippen molar-refractivity contribution in [2.24, 2.45) is 0 Å². The smallest absolute Gasteiger partial charge is 0.261 e. The van der Waals surface area contributed by atoms with Gasteiger partial charge in [0.15, 0.2) is 0 Å². The van der Waals surface area contributed by atoms with Crippen LogP contribution in [0, 0.1) is 0 Å². The summed E-state index contributed by atoms with van der Waals surface area (Å²) in [6, 6.07) is 7.73. The van der Waals surface area contributed by atoms with Gasteiger partial charge >= 0.3 is 0 Å². The monoisotopic (exact) mass is 262 g/mol. The van der Waals surface area contributed by atoms with E-state index >= 15 is 0 Å². The van der Waals surface area contributed by atoms with E-state index in [0.717, 1.165) is 33.7 Å². The van der Waals surface area contributed by atoms with Crippen LogP contribution in [0.15, 0.2) is 24.3 Å². The Balaban J connectivity index is 1.82. The molecule has 0 saturated carbocycles. The van der Waals surface area contributed by atoms with E-state index in [1.165, 1.54) is 11.3 Å². The van der Waals surface area contributed by atoms with Crippen molar-refractivity contribution in [2.45, 2.75) is 12.5 Å². The van der Waals surface area contributed by atoms with Crippen molar-refractivity contribution in [3.8, 4) is 0 Å². The second-order valence-electron chi connectivity index (χ2n) is 4.44. The molecular weight excluding hydrogens is 248 g/mol. The van der Waals surface area contributed by atoms with Crippen LogP contribution < -0.4 is 11.1 Å². The van der Waals surface area contributed by atoms with Crippen LogP contribution in [-0.4, -0.2) is 25.2 Å². The Labute approximate surface area is 109 Å². The van der Waals surface area contributed by atoms with E-state index in [-0.39, 0.29) is 11.9 Å². The van der Waals surface area contributed by atoms with Crippen LogP contribution in [0.3, 0.4) is 0 Å². The van der Waals surface area contributed by atoms with E-state index < -0.39 is 0 Å². The van der Waals surface area contributed by atoms with Gasteiger partial charge in [0.25, 0.3) is 5.91 Å². The minimum absolute atomic E-state index is 0.0229. The first-order chi connectivity index (χ1) is 8.72. The number of hydrogen-bond acceptors (Lipinski definition) is 4. The number of ether oxygens (including phenoxy) is 1. The topological polar surface area (TPSA) is 64.4 Å². The van der Waals surface area contributed by atoms with Gasteiger partial charge in [-0.25, -0.2) is 0 Å². The van der Waals surface area contributed by atoms with Crippen molar-refractivity contribution in [3.05, 3.63) is 29.1 Å². The van der Waals surface area contributed by atoms with Crippen molar-refractivity contribution < 1.29 is 9.53 Å². The van der Waals surface area contributed by atoms with Crippen LogP contribution in [0.1, 0.15) is 16.1 Å². The molecule has 1 amide bonds. The molecule has 2 aromatic rings. The standard InChI is InChI=1S/C13H14N2O2S/c14-9-1-2-11-8(5-9)6-12(18-11)13(16)15-10-3-4-17-7-10/h1-2,5-6,10H,3-4,7,14H2,(H,15,16). The maximum atomic E-state index is 12.1. The zero-order chi connectivity index (χ0) is 12.5. The van der Waals surface area contributed by atoms with Gasteiger partial charge in [-0.05, 0) is 36.1 Å². The number of nitrogens with one attached hydrogen (secondary N) is 1. The number of anilines is 1. The van der Waals surface area contributed by atoms with Crippen molar-refractivity contribution in [2.75, 3.05) is 18.9 Å². The fraction of sp³-hybridized carbons (Fsp3) is 0.308. The maximum Gasteiger partial charge on any atom is 0.261 e. The molecule has 0 radical (unpaired) electrons. The number of thiophene rings is 1. The molecule has 1 unspecified atom stereocenters. The molecule has 3 rings (SSSR count). The molecule has 0 spiro atoms. The first kappa shape index (κ1) is 11.5. The number of nitrogen functional groups attached to an aromatic ring is 1. The fourth-order valence-corrected chi connectivity index (χ4v) is 3.02. The van der Waals surface area contributed by atoms with Crippen LogP contribution in [0.2, 0.25) is 0 Å². The number of carbonyl (C=O) groups excluding carboxylic acids is 1. The molecule has 1 saturated heterocycles. The van der Waals surface area contributed by atoms with Crippen molar-refractivity contribution in [1.82, 2.24) is 5.32 Å². The molecule has 0 aliphatic carbocycles. The fourth-order valence-electron chi connectivity index (χ4n) is 2.08. The number of hydrogen-bond donors (Lipinski definition) is 2. The Morgan fingerprint density at radius 1 is 1.44 bits per heavy atom. The first-order valence-corrected chi connectivity index (χ1v) is 6.72. The summed E-state index contributed by atoms with van der Waals surface area (Å²) in [6.07, 6.45) is 0.892. The Morgan fingerprint density at radius 2 is 2.33 bits per heavy atom. The lowest BCUT2D eigenvalue weighted by atomic mass is 10.2. The van der Waals surface area contributed by atoms with E-state index in [1.807, 2.05) is 24.3 Å². The normalized spacial score (nSPS) is 19.2. The van der Waals surface area contributed by atoms with E-state index in [9.17, 15) is 4.79 Å². The third-order valence-electron chi connectivity index (χ3n) is 3.03. The van der Waals surface area contributed by atoms with E-state index in [0.29, 0.717) is 6.61 Å². The molecule has 1 aliphatic rings. The van der Waals surface area contributed by atoms with Crippen LogP contribution in [0.5, 0.6) is 0 Å². The first-order valence-electron chi connectivity index (χ1n) is 5.90. The van der Waals surface area contributed by atoms with Crippen molar-refractivity contribution in [3.63, 3.8) is 0 Å². The Bertz CT molecular complexity index is 588. The summed E-state index contributed by atoms with van der Waals surface area (Å²) in [5.74, 6) is -0.0229. The summed E-state index contributed by atoms with van der Waals surface area (Å²) in [7, 11) is 0. The average molecular weight is 262 g/mol. The summed E-state index contributed by atoms with van der Waals surface area (Å²) < 4.78 is 6.32. The highest BCUT2D eigenvalue weighted by Crippen LogP contribution is 2.27. The quantitative estimate of drug-likeness (QED) is 0.814. The Hall–Kier alpha value is -1.59. The third-order valence-corrected chi connectivity index (χ3v) is 4.14. The summed E-state index contributed by atoms with van der Waals surface area (Å²) >= 11 is 1.49. The van der Waals surface area contributed by atoms with Crippen LogP contribution >= 0.6 is 11.3 Å². The van der Waals surface area contributed by atoms with Gasteiger partial charge < -0.3 is 15.8 Å². The van der Waals surface area contributed by atoms with Crippen LogP contribution in [0.4, 0.5) is 5.69 Å². The van der Waals surface area contributed by atoms with Gasteiger partial charge in [0.2, 0.25) is 0 Å². The second-order valence-corrected chi connectivity index (χ2v) is 5.53. The van der Waals surface area contributed by atoms with Gasteiger partial charge in [0, 0.05) is 17.0 Å². The second kappa shape index (κ2) is 4.59. The van der Waals surface area contributed by atoms with Crippen molar-refractivity contribution in [1.29, 1.82) is 0 Å². The number of rotatable bonds is 2. The van der Waals surface area contributed by atoms with Gasteiger partial charge in [0.1, 0.15) is 0 Å². The molecule has 5 heteroatoms. The zero-order valence-electron chi connectivity index (χ0n) is 9.81. The molecule has 1 aromatic heterocycles. The van der Waals surface area contributed by atoms with Gasteiger partial charge in [-0.1, -0.05) is 0 Å². The van der Waals surface area contributed by atoms with Crippen molar-refractivity contribution >= 4 is 33.0 Å². The number of amides is 1. The molecule has 1 atom stereocenters. The lowest BCUT2D eigenvalue weighted by molar-refractivity contribution is 0.0934. The largest absolute Gasteiger partial charge is 0.399 e. The van der Waals surface area contributed by atoms with E-state index in [2.05, 4.69) is 5.32 Å². The number of nitrogens with two attached hydrogens (primary N) is 1. The highest BCUT2D eigenvalue weighted by atomic mass is 32.1. The predicted octanol–water partition coefficient (Wildman–Crippen LogP) is 2.00. The molecule has 1 aromatic carbocycles. The highest BCUT2D eigenvalue weighted by molar-refractivity contribution is 7.20. The summed E-state index contributed by atoms with van der Waals surface area (Å²) in [6.45, 7) is 1.34. The van der Waals surface area contributed by atoms with Gasteiger partial charge in [0.05, 0.1) is 17.5 Å². The molecule has 18 heavy (non-hydrogen) atoms. The molecular formula is C13H14N2O2S. The lowest BCUT2D eigenvalue weighted by Gasteiger charge is -2.08. The number of benzene rings is 1. The van der Waals surface area contributed by atoms with Crippen LogP contribution in [0.25, 0.3) is 10.1 Å². The Kier molecular flexibility index (Phi) is 2.93. The predicted molar refractivity (Wildman–Crippen MR) is 72.9 cm³/mol. The molecule has 1 fully saturated rings. The number of fused-ring (bicyclic) bond motifs is 1. The average Bonchev–Trinajstić information content (AvgIpc) is 2.96. The number of carbonyl (C=O) groups is 1. The minimum Gasteiger partial charge on any atom is -0.399 e. The van der Waals surface area contributed by atoms with E-state index in [4.69, 9.17) is 10.5 Å².